The van der Waals surface area contributed by atoms with Gasteiger partial charge in [0.2, 0.25) is 11.8 Å². The van der Waals surface area contributed by atoms with Crippen molar-refractivity contribution in [1.29, 1.82) is 0 Å². The van der Waals surface area contributed by atoms with E-state index < -0.39 is 17.5 Å². The number of amides is 2. The molecule has 2 amide bonds. The Bertz CT molecular complexity index is 796. The van der Waals surface area contributed by atoms with Gasteiger partial charge in [0.1, 0.15) is 6.54 Å². The van der Waals surface area contributed by atoms with Gasteiger partial charge in [-0.1, -0.05) is 6.07 Å². The first kappa shape index (κ1) is 18.1. The molecule has 1 N–H and O–H groups in total. The Kier molecular flexibility index (Phi) is 5.66. The molecule has 0 radical (unpaired) electrons. The first-order valence-electron chi connectivity index (χ1n) is 7.07. The molecular formula is C17H15BrF2N2O2. The van der Waals surface area contributed by atoms with Gasteiger partial charge in [0.25, 0.3) is 0 Å². The summed E-state index contributed by atoms with van der Waals surface area (Å²) in [5.41, 5.74) is 1.67. The van der Waals surface area contributed by atoms with Gasteiger partial charge < -0.3 is 10.2 Å². The van der Waals surface area contributed by atoms with Crippen molar-refractivity contribution in [2.75, 3.05) is 16.8 Å². The first-order chi connectivity index (χ1) is 11.3. The summed E-state index contributed by atoms with van der Waals surface area (Å²) >= 11 is 3.37. The van der Waals surface area contributed by atoms with Gasteiger partial charge in [0.15, 0.2) is 11.6 Å². The van der Waals surface area contributed by atoms with Crippen LogP contribution in [0.1, 0.15) is 12.5 Å². The zero-order valence-corrected chi connectivity index (χ0v) is 14.7. The molecule has 24 heavy (non-hydrogen) atoms. The molecule has 2 aromatic carbocycles. The van der Waals surface area contributed by atoms with Crippen molar-refractivity contribution >= 4 is 39.1 Å². The summed E-state index contributed by atoms with van der Waals surface area (Å²) in [6.07, 6.45) is 0. The number of anilines is 2. The molecular weight excluding hydrogens is 382 g/mol. The summed E-state index contributed by atoms with van der Waals surface area (Å²) in [4.78, 5) is 25.3. The highest BCUT2D eigenvalue weighted by atomic mass is 79.9. The number of rotatable bonds is 4. The van der Waals surface area contributed by atoms with Crippen LogP contribution in [0.25, 0.3) is 0 Å². The summed E-state index contributed by atoms with van der Waals surface area (Å²) < 4.78 is 26.8. The predicted octanol–water partition coefficient (Wildman–Crippen LogP) is 4.03. The van der Waals surface area contributed by atoms with Crippen molar-refractivity contribution in [3.63, 3.8) is 0 Å². The maximum Gasteiger partial charge on any atom is 0.244 e. The molecule has 0 bridgehead atoms. The molecule has 2 aromatic rings. The average Bonchev–Trinajstić information content (AvgIpc) is 2.49. The first-order valence-corrected chi connectivity index (χ1v) is 7.86. The van der Waals surface area contributed by atoms with E-state index in [2.05, 4.69) is 21.2 Å². The number of halogens is 3. The number of nitrogens with one attached hydrogen (secondary N) is 1. The summed E-state index contributed by atoms with van der Waals surface area (Å²) in [5.74, 6) is -2.90. The van der Waals surface area contributed by atoms with Crippen LogP contribution in [-0.2, 0) is 9.59 Å². The van der Waals surface area contributed by atoms with Gasteiger partial charge in [-0.05, 0) is 52.7 Å². The molecule has 0 saturated heterocycles. The number of hydrogen-bond acceptors (Lipinski definition) is 2. The van der Waals surface area contributed by atoms with E-state index in [-0.39, 0.29) is 18.1 Å². The van der Waals surface area contributed by atoms with Crippen LogP contribution in [0.3, 0.4) is 0 Å². The van der Waals surface area contributed by atoms with E-state index in [1.165, 1.54) is 17.9 Å². The van der Waals surface area contributed by atoms with Crippen LogP contribution in [0.5, 0.6) is 0 Å². The lowest BCUT2D eigenvalue weighted by Crippen LogP contribution is -2.36. The minimum absolute atomic E-state index is 0.116. The lowest BCUT2D eigenvalue weighted by molar-refractivity contribution is -0.120. The molecule has 4 nitrogen and oxygen atoms in total. The molecule has 0 heterocycles. The fourth-order valence-electron chi connectivity index (χ4n) is 2.11. The van der Waals surface area contributed by atoms with E-state index >= 15 is 0 Å². The van der Waals surface area contributed by atoms with Crippen LogP contribution in [0.2, 0.25) is 0 Å². The Balaban J connectivity index is 2.16. The maximum atomic E-state index is 13.2. The normalized spacial score (nSPS) is 10.4. The van der Waals surface area contributed by atoms with Crippen LogP contribution in [0.4, 0.5) is 20.2 Å². The molecule has 0 aliphatic heterocycles. The van der Waals surface area contributed by atoms with Crippen LogP contribution in [-0.4, -0.2) is 18.4 Å². The van der Waals surface area contributed by atoms with Crippen LogP contribution >= 0.6 is 15.9 Å². The van der Waals surface area contributed by atoms with Crippen molar-refractivity contribution in [2.24, 2.45) is 0 Å². The molecule has 0 fully saturated rings. The molecule has 126 valence electrons. The van der Waals surface area contributed by atoms with Crippen LogP contribution in [0, 0.1) is 18.6 Å². The smallest absolute Gasteiger partial charge is 0.244 e. The topological polar surface area (TPSA) is 49.4 Å². The zero-order chi connectivity index (χ0) is 17.9. The number of carbonyl (C=O) groups excluding carboxylic acids is 2. The number of hydrogen-bond donors (Lipinski definition) is 1. The predicted molar refractivity (Wildman–Crippen MR) is 91.9 cm³/mol. The summed E-state index contributed by atoms with van der Waals surface area (Å²) in [5, 5.41) is 2.44. The van der Waals surface area contributed by atoms with E-state index in [0.29, 0.717) is 10.2 Å². The summed E-state index contributed by atoms with van der Waals surface area (Å²) in [6, 6.07) is 8.43. The number of carbonyl (C=O) groups is 2. The second-order valence-electron chi connectivity index (χ2n) is 5.24. The molecule has 0 aliphatic carbocycles. The molecule has 7 heteroatoms. The molecule has 0 unspecified atom stereocenters. The van der Waals surface area contributed by atoms with Gasteiger partial charge in [-0.15, -0.1) is 0 Å². The number of benzene rings is 2. The molecule has 0 aliphatic rings. The molecule has 0 spiro atoms. The summed E-state index contributed by atoms with van der Waals surface area (Å²) in [7, 11) is 0. The standard InChI is InChI=1S/C17H15BrF2N2O2/c1-10-3-6-16(13(18)7-10)22(11(2)23)9-17(24)21-12-4-5-14(19)15(20)8-12/h3-8H,9H2,1-2H3,(H,21,24). The van der Waals surface area contributed by atoms with Gasteiger partial charge in [-0.3, -0.25) is 9.59 Å². The van der Waals surface area contributed by atoms with E-state index in [1.54, 1.807) is 6.07 Å². The van der Waals surface area contributed by atoms with Gasteiger partial charge >= 0.3 is 0 Å². The highest BCUT2D eigenvalue weighted by molar-refractivity contribution is 9.10. The highest BCUT2D eigenvalue weighted by Gasteiger charge is 2.18. The number of nitrogens with zero attached hydrogens (tertiary/aromatic N) is 1. The van der Waals surface area contributed by atoms with Gasteiger partial charge in [0.05, 0.1) is 5.69 Å². The van der Waals surface area contributed by atoms with Gasteiger partial charge in [0, 0.05) is 23.2 Å². The Morgan fingerprint density at radius 1 is 1.12 bits per heavy atom. The quantitative estimate of drug-likeness (QED) is 0.847. The monoisotopic (exact) mass is 396 g/mol. The van der Waals surface area contributed by atoms with Gasteiger partial charge in [-0.2, -0.15) is 0 Å². The fraction of sp³-hybridized carbons (Fsp3) is 0.176. The number of aryl methyl sites for hydroxylation is 1. The SMILES string of the molecule is CC(=O)N(CC(=O)Nc1ccc(F)c(F)c1)c1ccc(C)cc1Br. The minimum Gasteiger partial charge on any atom is -0.324 e. The van der Waals surface area contributed by atoms with Crippen molar-refractivity contribution in [3.8, 4) is 0 Å². The average molecular weight is 397 g/mol. The van der Waals surface area contributed by atoms with E-state index in [0.717, 1.165) is 17.7 Å². The Hall–Kier alpha value is -2.28. The molecule has 2 rings (SSSR count). The molecule has 0 atom stereocenters. The van der Waals surface area contributed by atoms with Crippen molar-refractivity contribution in [3.05, 3.63) is 58.1 Å². The van der Waals surface area contributed by atoms with E-state index in [1.807, 2.05) is 19.1 Å². The van der Waals surface area contributed by atoms with Crippen LogP contribution < -0.4 is 10.2 Å². The third-order valence-electron chi connectivity index (χ3n) is 3.28. The fourth-order valence-corrected chi connectivity index (χ4v) is 2.82. The Morgan fingerprint density at radius 2 is 1.83 bits per heavy atom. The molecule has 0 saturated carbocycles. The second-order valence-corrected chi connectivity index (χ2v) is 6.09. The highest BCUT2D eigenvalue weighted by Crippen LogP contribution is 2.27. The molecule has 0 aromatic heterocycles. The van der Waals surface area contributed by atoms with Crippen molar-refractivity contribution in [1.82, 2.24) is 0 Å². The third kappa shape index (κ3) is 4.38. The van der Waals surface area contributed by atoms with Crippen LogP contribution in [0.15, 0.2) is 40.9 Å². The largest absolute Gasteiger partial charge is 0.324 e. The van der Waals surface area contributed by atoms with Gasteiger partial charge in [-0.25, -0.2) is 8.78 Å². The lowest BCUT2D eigenvalue weighted by Gasteiger charge is -2.22. The zero-order valence-electron chi connectivity index (χ0n) is 13.1. The second kappa shape index (κ2) is 7.53. The summed E-state index contributed by atoms with van der Waals surface area (Å²) in [6.45, 7) is 3.00. The van der Waals surface area contributed by atoms with Crippen molar-refractivity contribution in [2.45, 2.75) is 13.8 Å². The lowest BCUT2D eigenvalue weighted by atomic mass is 10.2. The maximum absolute atomic E-state index is 13.2. The Labute approximate surface area is 146 Å². The Morgan fingerprint density at radius 3 is 2.42 bits per heavy atom. The van der Waals surface area contributed by atoms with E-state index in [9.17, 15) is 18.4 Å². The van der Waals surface area contributed by atoms with Crippen molar-refractivity contribution < 1.29 is 18.4 Å². The minimum atomic E-state index is -1.06. The third-order valence-corrected chi connectivity index (χ3v) is 3.91. The van der Waals surface area contributed by atoms with E-state index in [4.69, 9.17) is 0 Å².